The quantitative estimate of drug-likeness (QED) is 0.922. The molecule has 4 nitrogen and oxygen atoms in total. The lowest BCUT2D eigenvalue weighted by Crippen LogP contribution is -2.48. The smallest absolute Gasteiger partial charge is 0.243 e. The van der Waals surface area contributed by atoms with Gasteiger partial charge in [0.05, 0.1) is 26.6 Å². The number of rotatable bonds is 3. The lowest BCUT2D eigenvalue weighted by molar-refractivity contribution is 0.0215. The Hall–Kier alpha value is -0.330. The molecule has 0 amide bonds. The normalized spacial score (nSPS) is 21.4. The van der Waals surface area contributed by atoms with Crippen molar-refractivity contribution in [3.63, 3.8) is 0 Å². The first-order valence-electron chi connectivity index (χ1n) is 6.33. The van der Waals surface area contributed by atoms with Gasteiger partial charge in [0, 0.05) is 6.54 Å². The minimum absolute atomic E-state index is 0.100. The van der Waals surface area contributed by atoms with Crippen molar-refractivity contribution in [3.05, 3.63) is 28.2 Å². The van der Waals surface area contributed by atoms with Crippen molar-refractivity contribution in [1.29, 1.82) is 0 Å². The number of hydrogen-bond donors (Lipinski definition) is 1. The van der Waals surface area contributed by atoms with E-state index in [4.69, 9.17) is 23.2 Å². The van der Waals surface area contributed by atoms with Crippen LogP contribution in [0.4, 0.5) is 0 Å². The molecular weight excluding hydrogens is 321 g/mol. The van der Waals surface area contributed by atoms with Gasteiger partial charge in [0.15, 0.2) is 0 Å². The van der Waals surface area contributed by atoms with Crippen molar-refractivity contribution in [2.75, 3.05) is 6.54 Å². The summed E-state index contributed by atoms with van der Waals surface area (Å²) in [6.07, 6.45) is 1.37. The summed E-state index contributed by atoms with van der Waals surface area (Å²) in [6, 6.07) is 3.82. The molecule has 1 aliphatic rings. The van der Waals surface area contributed by atoms with E-state index >= 15 is 0 Å². The van der Waals surface area contributed by atoms with Crippen molar-refractivity contribution in [3.8, 4) is 0 Å². The van der Waals surface area contributed by atoms with Crippen LogP contribution in [0.25, 0.3) is 0 Å². The minimum atomic E-state index is -3.68. The van der Waals surface area contributed by atoms with E-state index in [0.717, 1.165) is 6.42 Å². The zero-order valence-corrected chi connectivity index (χ0v) is 13.6. The molecule has 1 heterocycles. The number of halogens is 2. The van der Waals surface area contributed by atoms with E-state index in [1.165, 1.54) is 22.5 Å². The Morgan fingerprint density at radius 2 is 1.95 bits per heavy atom. The van der Waals surface area contributed by atoms with Gasteiger partial charge in [0.25, 0.3) is 0 Å². The van der Waals surface area contributed by atoms with Gasteiger partial charge in [-0.1, -0.05) is 23.2 Å². The van der Waals surface area contributed by atoms with Gasteiger partial charge in [-0.25, -0.2) is 8.42 Å². The molecule has 1 saturated heterocycles. The maximum Gasteiger partial charge on any atom is 0.243 e. The van der Waals surface area contributed by atoms with E-state index in [1.807, 2.05) is 0 Å². The van der Waals surface area contributed by atoms with Gasteiger partial charge in [-0.15, -0.1) is 0 Å². The number of benzene rings is 1. The van der Waals surface area contributed by atoms with Gasteiger partial charge < -0.3 is 5.11 Å². The highest BCUT2D eigenvalue weighted by molar-refractivity contribution is 7.89. The number of aliphatic hydroxyl groups is 1. The second kappa shape index (κ2) is 5.46. The predicted molar refractivity (Wildman–Crippen MR) is 79.7 cm³/mol. The maximum absolute atomic E-state index is 12.7. The molecule has 1 fully saturated rings. The zero-order chi connectivity index (χ0) is 15.1. The standard InChI is InChI=1S/C13H17Cl2NO3S/c1-13(2,17)12-4-3-7-16(12)20(18,19)9-5-6-10(14)11(15)8-9/h5-6,8,12,17H,3-4,7H2,1-2H3. The first kappa shape index (κ1) is 16.0. The average Bonchev–Trinajstić information content (AvgIpc) is 2.82. The largest absolute Gasteiger partial charge is 0.389 e. The molecule has 1 unspecified atom stereocenters. The van der Waals surface area contributed by atoms with E-state index in [0.29, 0.717) is 18.0 Å². The molecule has 2 rings (SSSR count). The fourth-order valence-electron chi connectivity index (χ4n) is 2.51. The molecule has 1 aliphatic heterocycles. The summed E-state index contributed by atoms with van der Waals surface area (Å²) in [5.41, 5.74) is -1.08. The summed E-state index contributed by atoms with van der Waals surface area (Å²) < 4.78 is 26.7. The molecule has 0 bridgehead atoms. The van der Waals surface area contributed by atoms with Crippen molar-refractivity contribution < 1.29 is 13.5 Å². The molecule has 1 atom stereocenters. The van der Waals surface area contributed by atoms with Crippen LogP contribution in [0, 0.1) is 0 Å². The highest BCUT2D eigenvalue weighted by Crippen LogP contribution is 2.33. The third-order valence-corrected chi connectivity index (χ3v) is 6.16. The molecule has 0 spiro atoms. The highest BCUT2D eigenvalue weighted by atomic mass is 35.5. The lowest BCUT2D eigenvalue weighted by Gasteiger charge is -2.33. The van der Waals surface area contributed by atoms with E-state index in [-0.39, 0.29) is 9.92 Å². The summed E-state index contributed by atoms with van der Waals surface area (Å²) in [6.45, 7) is 3.65. The Morgan fingerprint density at radius 3 is 2.50 bits per heavy atom. The first-order valence-corrected chi connectivity index (χ1v) is 8.53. The van der Waals surface area contributed by atoms with Crippen LogP contribution in [0.3, 0.4) is 0 Å². The summed E-state index contributed by atoms with van der Waals surface area (Å²) in [7, 11) is -3.68. The third-order valence-electron chi connectivity index (χ3n) is 3.52. The van der Waals surface area contributed by atoms with Crippen molar-refractivity contribution >= 4 is 33.2 Å². The van der Waals surface area contributed by atoms with E-state index in [1.54, 1.807) is 13.8 Å². The Morgan fingerprint density at radius 1 is 1.30 bits per heavy atom. The van der Waals surface area contributed by atoms with Crippen LogP contribution in [0.15, 0.2) is 23.1 Å². The van der Waals surface area contributed by atoms with Gasteiger partial charge >= 0.3 is 0 Å². The fourth-order valence-corrected chi connectivity index (χ4v) is 4.71. The van der Waals surface area contributed by atoms with E-state index in [2.05, 4.69) is 0 Å². The number of hydrogen-bond acceptors (Lipinski definition) is 3. The SMILES string of the molecule is CC(C)(O)C1CCCN1S(=O)(=O)c1ccc(Cl)c(Cl)c1. The topological polar surface area (TPSA) is 57.6 Å². The lowest BCUT2D eigenvalue weighted by atomic mass is 9.98. The van der Waals surface area contributed by atoms with Crippen molar-refractivity contribution in [1.82, 2.24) is 4.31 Å². The molecule has 112 valence electrons. The Kier molecular flexibility index (Phi) is 4.38. The monoisotopic (exact) mass is 337 g/mol. The highest BCUT2D eigenvalue weighted by Gasteiger charge is 2.42. The van der Waals surface area contributed by atoms with Crippen LogP contribution in [-0.4, -0.2) is 36.0 Å². The van der Waals surface area contributed by atoms with Gasteiger partial charge in [0.2, 0.25) is 10.0 Å². The van der Waals surface area contributed by atoms with Crippen LogP contribution >= 0.6 is 23.2 Å². The summed E-state index contributed by atoms with van der Waals surface area (Å²) in [5.74, 6) is 0. The fraction of sp³-hybridized carbons (Fsp3) is 0.538. The summed E-state index contributed by atoms with van der Waals surface area (Å²) in [4.78, 5) is 0.100. The minimum Gasteiger partial charge on any atom is -0.389 e. The van der Waals surface area contributed by atoms with Crippen LogP contribution in [-0.2, 0) is 10.0 Å². The number of nitrogens with zero attached hydrogens (tertiary/aromatic N) is 1. The molecule has 7 heteroatoms. The Bertz CT molecular complexity index is 611. The molecule has 1 aromatic carbocycles. The Labute approximate surface area is 129 Å². The zero-order valence-electron chi connectivity index (χ0n) is 11.3. The summed E-state index contributed by atoms with van der Waals surface area (Å²) >= 11 is 11.7. The first-order chi connectivity index (χ1) is 9.14. The average molecular weight is 338 g/mol. The van der Waals surface area contributed by atoms with E-state index in [9.17, 15) is 13.5 Å². The maximum atomic E-state index is 12.7. The van der Waals surface area contributed by atoms with Crippen LogP contribution in [0.1, 0.15) is 26.7 Å². The van der Waals surface area contributed by atoms with Gasteiger partial charge in [-0.2, -0.15) is 4.31 Å². The van der Waals surface area contributed by atoms with Gasteiger partial charge in [-0.05, 0) is 44.9 Å². The molecular formula is C13H17Cl2NO3S. The second-order valence-electron chi connectivity index (χ2n) is 5.50. The third kappa shape index (κ3) is 2.97. The van der Waals surface area contributed by atoms with E-state index < -0.39 is 21.7 Å². The molecule has 20 heavy (non-hydrogen) atoms. The van der Waals surface area contributed by atoms with Crippen LogP contribution < -0.4 is 0 Å². The predicted octanol–water partition coefficient (Wildman–Crippen LogP) is 2.92. The van der Waals surface area contributed by atoms with Crippen LogP contribution in [0.5, 0.6) is 0 Å². The molecule has 0 saturated carbocycles. The second-order valence-corrected chi connectivity index (χ2v) is 8.21. The Balaban J connectivity index is 2.41. The number of sulfonamides is 1. The van der Waals surface area contributed by atoms with Gasteiger partial charge in [-0.3, -0.25) is 0 Å². The molecule has 0 radical (unpaired) electrons. The summed E-state index contributed by atoms with van der Waals surface area (Å²) in [5, 5.41) is 10.7. The molecule has 0 aliphatic carbocycles. The van der Waals surface area contributed by atoms with Crippen molar-refractivity contribution in [2.45, 2.75) is 43.2 Å². The van der Waals surface area contributed by atoms with Gasteiger partial charge in [0.1, 0.15) is 0 Å². The molecule has 1 aromatic rings. The molecule has 0 aromatic heterocycles. The van der Waals surface area contributed by atoms with Crippen LogP contribution in [0.2, 0.25) is 10.0 Å². The molecule has 1 N–H and O–H groups in total. The van der Waals surface area contributed by atoms with Crippen molar-refractivity contribution in [2.24, 2.45) is 0 Å².